The molecule has 0 saturated heterocycles. The van der Waals surface area contributed by atoms with Crippen LogP contribution in [0.2, 0.25) is 0 Å². The van der Waals surface area contributed by atoms with E-state index in [9.17, 15) is 9.59 Å². The topological polar surface area (TPSA) is 68.3 Å². The van der Waals surface area contributed by atoms with Crippen LogP contribution in [0.1, 0.15) is 55.9 Å². The van der Waals surface area contributed by atoms with Gasteiger partial charge in [0.1, 0.15) is 5.69 Å². The van der Waals surface area contributed by atoms with E-state index in [1.54, 1.807) is 25.1 Å². The first-order valence-electron chi connectivity index (χ1n) is 8.97. The maximum absolute atomic E-state index is 12.6. The summed E-state index contributed by atoms with van der Waals surface area (Å²) in [5.41, 5.74) is 0.171. The molecule has 0 aromatic carbocycles. The maximum atomic E-state index is 12.6. The van der Waals surface area contributed by atoms with Gasteiger partial charge in [-0.1, -0.05) is 6.07 Å². The molecule has 5 heteroatoms. The van der Waals surface area contributed by atoms with Crippen LogP contribution in [0.5, 0.6) is 0 Å². The first-order chi connectivity index (χ1) is 11.5. The third-order valence-corrected chi connectivity index (χ3v) is 5.95. The van der Waals surface area contributed by atoms with Crippen LogP contribution in [-0.2, 0) is 9.53 Å². The second-order valence-corrected chi connectivity index (χ2v) is 7.95. The molecule has 1 atom stereocenters. The van der Waals surface area contributed by atoms with Crippen LogP contribution in [0.3, 0.4) is 0 Å². The van der Waals surface area contributed by atoms with E-state index in [-0.39, 0.29) is 17.1 Å². The highest BCUT2D eigenvalue weighted by atomic mass is 16.5. The summed E-state index contributed by atoms with van der Waals surface area (Å²) in [5, 5.41) is 3.24. The molecule has 0 radical (unpaired) electrons. The largest absolute Gasteiger partial charge is 0.448 e. The predicted molar refractivity (Wildman–Crippen MR) is 88.2 cm³/mol. The van der Waals surface area contributed by atoms with Crippen molar-refractivity contribution in [3.8, 4) is 0 Å². The van der Waals surface area contributed by atoms with Crippen molar-refractivity contribution in [2.24, 2.45) is 17.8 Å². The number of carbonyl (C=O) groups is 2. The van der Waals surface area contributed by atoms with Crippen LogP contribution in [0.4, 0.5) is 0 Å². The van der Waals surface area contributed by atoms with Crippen LogP contribution < -0.4 is 5.32 Å². The molecule has 4 bridgehead atoms. The van der Waals surface area contributed by atoms with E-state index in [1.807, 2.05) is 0 Å². The molecule has 4 saturated carbocycles. The lowest BCUT2D eigenvalue weighted by molar-refractivity contribution is -0.134. The molecule has 24 heavy (non-hydrogen) atoms. The molecule has 0 aliphatic heterocycles. The number of nitrogens with one attached hydrogen (secondary N) is 1. The first-order valence-corrected chi connectivity index (χ1v) is 8.97. The van der Waals surface area contributed by atoms with Gasteiger partial charge in [0, 0.05) is 11.7 Å². The van der Waals surface area contributed by atoms with Gasteiger partial charge in [-0.05, 0) is 75.3 Å². The summed E-state index contributed by atoms with van der Waals surface area (Å²) in [4.78, 5) is 28.6. The van der Waals surface area contributed by atoms with Crippen molar-refractivity contribution < 1.29 is 14.3 Å². The van der Waals surface area contributed by atoms with E-state index in [1.165, 1.54) is 25.5 Å². The number of amides is 1. The van der Waals surface area contributed by atoms with Crippen LogP contribution in [-0.4, -0.2) is 28.5 Å². The van der Waals surface area contributed by atoms with E-state index in [0.29, 0.717) is 0 Å². The summed E-state index contributed by atoms with van der Waals surface area (Å²) in [7, 11) is 0. The zero-order valence-electron chi connectivity index (χ0n) is 14.0. The summed E-state index contributed by atoms with van der Waals surface area (Å²) in [6.07, 6.45) is 8.00. The standard InChI is InChI=1S/C19H24N2O3/c1-12(24-18(23)16-4-2-3-5-20-16)17(22)21-19-9-13-6-14(10-19)8-15(7-13)11-19/h2-5,12-15H,6-11H2,1H3,(H,21,22)/t12-,13?,14?,15?,19?/m1/s1. The molecule has 1 amide bonds. The fourth-order valence-corrected chi connectivity index (χ4v) is 5.38. The summed E-state index contributed by atoms with van der Waals surface area (Å²) in [6.45, 7) is 1.64. The molecule has 1 aromatic heterocycles. The van der Waals surface area contributed by atoms with Crippen molar-refractivity contribution in [2.75, 3.05) is 0 Å². The van der Waals surface area contributed by atoms with Gasteiger partial charge in [-0.2, -0.15) is 0 Å². The van der Waals surface area contributed by atoms with Crippen LogP contribution in [0, 0.1) is 17.8 Å². The highest BCUT2D eigenvalue weighted by Gasteiger charge is 2.51. The summed E-state index contributed by atoms with van der Waals surface area (Å²) >= 11 is 0. The molecule has 0 unspecified atom stereocenters. The molecule has 5 rings (SSSR count). The van der Waals surface area contributed by atoms with Gasteiger partial charge in [-0.25, -0.2) is 9.78 Å². The Balaban J connectivity index is 1.38. The monoisotopic (exact) mass is 328 g/mol. The molecule has 4 aliphatic rings. The maximum Gasteiger partial charge on any atom is 0.357 e. The Labute approximate surface area is 142 Å². The Hall–Kier alpha value is -1.91. The smallest absolute Gasteiger partial charge is 0.357 e. The molecular weight excluding hydrogens is 304 g/mol. The lowest BCUT2D eigenvalue weighted by Gasteiger charge is -2.57. The zero-order valence-corrected chi connectivity index (χ0v) is 14.0. The number of hydrogen-bond acceptors (Lipinski definition) is 4. The summed E-state index contributed by atoms with van der Waals surface area (Å²) in [6, 6.07) is 5.05. The second-order valence-electron chi connectivity index (χ2n) is 7.95. The Morgan fingerprint density at radius 3 is 2.33 bits per heavy atom. The SMILES string of the molecule is C[C@@H](OC(=O)c1ccccn1)C(=O)NC12CC3CC(CC(C3)C1)C2. The third-order valence-electron chi connectivity index (χ3n) is 5.95. The van der Waals surface area contributed by atoms with Crippen molar-refractivity contribution in [2.45, 2.75) is 57.1 Å². The fourth-order valence-electron chi connectivity index (χ4n) is 5.38. The molecule has 0 spiro atoms. The van der Waals surface area contributed by atoms with Gasteiger partial charge in [-0.3, -0.25) is 4.79 Å². The average Bonchev–Trinajstić information content (AvgIpc) is 2.53. The lowest BCUT2D eigenvalue weighted by atomic mass is 9.53. The highest BCUT2D eigenvalue weighted by Crippen LogP contribution is 2.55. The number of nitrogens with zero attached hydrogens (tertiary/aromatic N) is 1. The van der Waals surface area contributed by atoms with Gasteiger partial charge in [0.05, 0.1) is 0 Å². The Kier molecular flexibility index (Phi) is 3.82. The Morgan fingerprint density at radius 1 is 1.17 bits per heavy atom. The molecule has 1 aromatic rings. The van der Waals surface area contributed by atoms with Gasteiger partial charge in [0.15, 0.2) is 6.10 Å². The average molecular weight is 328 g/mol. The molecule has 4 aliphatic carbocycles. The minimum Gasteiger partial charge on any atom is -0.448 e. The molecular formula is C19H24N2O3. The quantitative estimate of drug-likeness (QED) is 0.863. The summed E-state index contributed by atoms with van der Waals surface area (Å²) < 4.78 is 5.30. The van der Waals surface area contributed by atoms with Gasteiger partial charge in [0.2, 0.25) is 0 Å². The molecule has 1 N–H and O–H groups in total. The van der Waals surface area contributed by atoms with Crippen molar-refractivity contribution in [3.05, 3.63) is 30.1 Å². The van der Waals surface area contributed by atoms with E-state index >= 15 is 0 Å². The number of pyridine rings is 1. The third kappa shape index (κ3) is 2.92. The number of esters is 1. The number of ether oxygens (including phenoxy) is 1. The van der Waals surface area contributed by atoms with Crippen molar-refractivity contribution in [1.82, 2.24) is 10.3 Å². The Morgan fingerprint density at radius 2 is 1.79 bits per heavy atom. The van der Waals surface area contributed by atoms with Crippen molar-refractivity contribution in [1.29, 1.82) is 0 Å². The van der Waals surface area contributed by atoms with Crippen LogP contribution >= 0.6 is 0 Å². The van der Waals surface area contributed by atoms with E-state index in [0.717, 1.165) is 37.0 Å². The van der Waals surface area contributed by atoms with E-state index in [2.05, 4.69) is 10.3 Å². The Bertz CT molecular complexity index is 608. The minimum absolute atomic E-state index is 0.0580. The van der Waals surface area contributed by atoms with Crippen molar-refractivity contribution >= 4 is 11.9 Å². The van der Waals surface area contributed by atoms with E-state index in [4.69, 9.17) is 4.74 Å². The van der Waals surface area contributed by atoms with Crippen LogP contribution in [0.25, 0.3) is 0 Å². The lowest BCUT2D eigenvalue weighted by Crippen LogP contribution is -2.61. The predicted octanol–water partition coefficient (Wildman–Crippen LogP) is 2.71. The highest BCUT2D eigenvalue weighted by molar-refractivity contribution is 5.90. The molecule has 128 valence electrons. The molecule has 4 fully saturated rings. The normalized spacial score (nSPS) is 34.6. The number of rotatable bonds is 4. The van der Waals surface area contributed by atoms with Crippen LogP contribution in [0.15, 0.2) is 24.4 Å². The van der Waals surface area contributed by atoms with Gasteiger partial charge in [-0.15, -0.1) is 0 Å². The second kappa shape index (κ2) is 5.87. The van der Waals surface area contributed by atoms with Crippen molar-refractivity contribution in [3.63, 3.8) is 0 Å². The first kappa shape index (κ1) is 15.6. The van der Waals surface area contributed by atoms with Gasteiger partial charge in [0.25, 0.3) is 5.91 Å². The number of hydrogen-bond donors (Lipinski definition) is 1. The molecule has 1 heterocycles. The van der Waals surface area contributed by atoms with E-state index < -0.39 is 12.1 Å². The summed E-state index contributed by atoms with van der Waals surface area (Å²) in [5.74, 6) is 1.57. The number of aromatic nitrogens is 1. The number of carbonyl (C=O) groups excluding carboxylic acids is 2. The zero-order chi connectivity index (χ0) is 16.7. The minimum atomic E-state index is -0.799. The fraction of sp³-hybridized carbons (Fsp3) is 0.632. The van der Waals surface area contributed by atoms with Gasteiger partial charge >= 0.3 is 5.97 Å². The van der Waals surface area contributed by atoms with Gasteiger partial charge < -0.3 is 10.1 Å². The molecule has 5 nitrogen and oxygen atoms in total.